The van der Waals surface area contributed by atoms with Gasteiger partial charge in [-0.2, -0.15) is 0 Å². The molecule has 1 atom stereocenters. The Morgan fingerprint density at radius 1 is 1.60 bits per heavy atom. The molecule has 0 amide bonds. The van der Waals surface area contributed by atoms with Gasteiger partial charge in [0.05, 0.1) is 12.8 Å². The molecule has 3 nitrogen and oxygen atoms in total. The van der Waals surface area contributed by atoms with Gasteiger partial charge in [0, 0.05) is 18.7 Å². The third-order valence-electron chi connectivity index (χ3n) is 3.37. The summed E-state index contributed by atoms with van der Waals surface area (Å²) in [4.78, 5) is 2.46. The van der Waals surface area contributed by atoms with Crippen LogP contribution in [0.4, 0.5) is 0 Å². The molecule has 15 heavy (non-hydrogen) atoms. The highest BCUT2D eigenvalue weighted by Crippen LogP contribution is 2.22. The highest BCUT2D eigenvalue weighted by Gasteiger charge is 2.22. The van der Waals surface area contributed by atoms with Gasteiger partial charge in [0.2, 0.25) is 0 Å². The van der Waals surface area contributed by atoms with Crippen LogP contribution in [0.2, 0.25) is 0 Å². The molecule has 1 unspecified atom stereocenters. The molecule has 1 aromatic rings. The van der Waals surface area contributed by atoms with Gasteiger partial charge in [0.15, 0.2) is 0 Å². The molecule has 1 aliphatic rings. The molecule has 0 saturated carbocycles. The zero-order chi connectivity index (χ0) is 10.7. The molecule has 2 rings (SSSR count). The minimum atomic E-state index is 0.580. The summed E-state index contributed by atoms with van der Waals surface area (Å²) in [6.45, 7) is 6.18. The number of furan rings is 1. The number of likely N-dealkylation sites (tertiary alicyclic amines) is 1. The molecule has 1 aliphatic heterocycles. The Morgan fingerprint density at radius 3 is 3.13 bits per heavy atom. The van der Waals surface area contributed by atoms with Gasteiger partial charge in [-0.1, -0.05) is 13.3 Å². The molecular weight excluding hydrogens is 188 g/mol. The van der Waals surface area contributed by atoms with Crippen molar-refractivity contribution in [2.24, 2.45) is 11.7 Å². The van der Waals surface area contributed by atoms with Crippen molar-refractivity contribution < 1.29 is 4.42 Å². The van der Waals surface area contributed by atoms with Crippen molar-refractivity contribution in [2.45, 2.75) is 32.9 Å². The average Bonchev–Trinajstić information content (AvgIpc) is 2.87. The highest BCUT2D eigenvalue weighted by molar-refractivity contribution is 5.16. The Labute approximate surface area is 91.2 Å². The predicted molar refractivity (Wildman–Crippen MR) is 60.3 cm³/mol. The van der Waals surface area contributed by atoms with Crippen LogP contribution in [0, 0.1) is 5.92 Å². The summed E-state index contributed by atoms with van der Waals surface area (Å²) >= 11 is 0. The van der Waals surface area contributed by atoms with Gasteiger partial charge in [-0.3, -0.25) is 4.90 Å². The first-order valence-electron chi connectivity index (χ1n) is 5.81. The van der Waals surface area contributed by atoms with E-state index in [4.69, 9.17) is 10.2 Å². The van der Waals surface area contributed by atoms with Crippen LogP contribution >= 0.6 is 0 Å². The molecule has 2 N–H and O–H groups in total. The van der Waals surface area contributed by atoms with E-state index in [1.807, 2.05) is 6.07 Å². The zero-order valence-electron chi connectivity index (χ0n) is 9.41. The number of nitrogens with zero attached hydrogens (tertiary/aromatic N) is 1. The fraction of sp³-hybridized carbons (Fsp3) is 0.667. The Morgan fingerprint density at radius 2 is 2.47 bits per heavy atom. The molecule has 0 bridgehead atoms. The van der Waals surface area contributed by atoms with Crippen LogP contribution in [0.3, 0.4) is 0 Å². The second kappa shape index (κ2) is 4.81. The van der Waals surface area contributed by atoms with Crippen LogP contribution in [0.5, 0.6) is 0 Å². The van der Waals surface area contributed by atoms with Crippen molar-refractivity contribution in [3.05, 3.63) is 23.7 Å². The standard InChI is InChI=1S/C12H20N2O/c1-2-10-3-5-14(8-10)9-12-11(7-13)4-6-15-12/h4,6,10H,2-3,5,7-9,13H2,1H3. The lowest BCUT2D eigenvalue weighted by molar-refractivity contribution is 0.284. The van der Waals surface area contributed by atoms with Gasteiger partial charge in [-0.25, -0.2) is 0 Å². The lowest BCUT2D eigenvalue weighted by Gasteiger charge is -2.14. The monoisotopic (exact) mass is 208 g/mol. The predicted octanol–water partition coefficient (Wildman–Crippen LogP) is 1.97. The molecule has 1 saturated heterocycles. The lowest BCUT2D eigenvalue weighted by Crippen LogP contribution is -2.20. The lowest BCUT2D eigenvalue weighted by atomic mass is 10.1. The molecule has 1 aromatic heterocycles. The Balaban J connectivity index is 1.92. The van der Waals surface area contributed by atoms with Crippen molar-refractivity contribution >= 4 is 0 Å². The van der Waals surface area contributed by atoms with Crippen LogP contribution in [-0.4, -0.2) is 18.0 Å². The van der Waals surface area contributed by atoms with Crippen molar-refractivity contribution in [3.8, 4) is 0 Å². The van der Waals surface area contributed by atoms with Gasteiger partial charge < -0.3 is 10.2 Å². The smallest absolute Gasteiger partial charge is 0.122 e. The van der Waals surface area contributed by atoms with Crippen molar-refractivity contribution in [1.82, 2.24) is 4.90 Å². The van der Waals surface area contributed by atoms with E-state index in [-0.39, 0.29) is 0 Å². The first-order valence-corrected chi connectivity index (χ1v) is 5.81. The summed E-state index contributed by atoms with van der Waals surface area (Å²) < 4.78 is 5.46. The minimum Gasteiger partial charge on any atom is -0.468 e. The van der Waals surface area contributed by atoms with Crippen LogP contribution in [0.1, 0.15) is 31.1 Å². The Bertz CT molecular complexity index is 308. The maximum absolute atomic E-state index is 5.64. The second-order valence-corrected chi connectivity index (χ2v) is 4.37. The normalized spacial score (nSPS) is 22.4. The number of rotatable bonds is 4. The highest BCUT2D eigenvalue weighted by atomic mass is 16.3. The zero-order valence-corrected chi connectivity index (χ0v) is 9.41. The van der Waals surface area contributed by atoms with Crippen molar-refractivity contribution in [3.63, 3.8) is 0 Å². The van der Waals surface area contributed by atoms with Crippen LogP contribution in [0.25, 0.3) is 0 Å². The van der Waals surface area contributed by atoms with E-state index in [2.05, 4.69) is 11.8 Å². The average molecular weight is 208 g/mol. The van der Waals surface area contributed by atoms with E-state index in [0.29, 0.717) is 6.54 Å². The number of nitrogens with two attached hydrogens (primary N) is 1. The van der Waals surface area contributed by atoms with Gasteiger partial charge in [-0.15, -0.1) is 0 Å². The maximum Gasteiger partial charge on any atom is 0.122 e. The van der Waals surface area contributed by atoms with Crippen LogP contribution in [-0.2, 0) is 13.1 Å². The maximum atomic E-state index is 5.64. The van der Waals surface area contributed by atoms with Gasteiger partial charge in [0.25, 0.3) is 0 Å². The second-order valence-electron chi connectivity index (χ2n) is 4.37. The van der Waals surface area contributed by atoms with E-state index in [0.717, 1.165) is 23.8 Å². The Kier molecular flexibility index (Phi) is 3.44. The summed E-state index contributed by atoms with van der Waals surface area (Å²) in [5.41, 5.74) is 6.79. The van der Waals surface area contributed by atoms with Crippen molar-refractivity contribution in [1.29, 1.82) is 0 Å². The quantitative estimate of drug-likeness (QED) is 0.822. The largest absolute Gasteiger partial charge is 0.468 e. The molecule has 84 valence electrons. The number of hydrogen-bond donors (Lipinski definition) is 1. The van der Waals surface area contributed by atoms with E-state index >= 15 is 0 Å². The third kappa shape index (κ3) is 2.41. The Hall–Kier alpha value is -0.800. The first-order chi connectivity index (χ1) is 7.33. The number of hydrogen-bond acceptors (Lipinski definition) is 3. The van der Waals surface area contributed by atoms with Gasteiger partial charge in [-0.05, 0) is 24.9 Å². The molecule has 3 heteroatoms. The summed E-state index contributed by atoms with van der Waals surface area (Å²) in [6.07, 6.45) is 4.36. The summed E-state index contributed by atoms with van der Waals surface area (Å²) in [6, 6.07) is 1.97. The first kappa shape index (κ1) is 10.7. The third-order valence-corrected chi connectivity index (χ3v) is 3.37. The molecule has 0 spiro atoms. The topological polar surface area (TPSA) is 42.4 Å². The molecule has 1 fully saturated rings. The fourth-order valence-electron chi connectivity index (χ4n) is 2.28. The van der Waals surface area contributed by atoms with E-state index < -0.39 is 0 Å². The summed E-state index contributed by atoms with van der Waals surface area (Å²) in [7, 11) is 0. The SMILES string of the molecule is CCC1CCN(Cc2occc2CN)C1. The van der Waals surface area contributed by atoms with Gasteiger partial charge in [0.1, 0.15) is 5.76 Å². The van der Waals surface area contributed by atoms with Gasteiger partial charge >= 0.3 is 0 Å². The molecule has 0 aliphatic carbocycles. The molecule has 0 aromatic carbocycles. The minimum absolute atomic E-state index is 0.580. The summed E-state index contributed by atoms with van der Waals surface area (Å²) in [5, 5.41) is 0. The molecule has 0 radical (unpaired) electrons. The molecular formula is C12H20N2O. The van der Waals surface area contributed by atoms with Crippen molar-refractivity contribution in [2.75, 3.05) is 13.1 Å². The van der Waals surface area contributed by atoms with E-state index in [9.17, 15) is 0 Å². The van der Waals surface area contributed by atoms with E-state index in [1.54, 1.807) is 6.26 Å². The summed E-state index contributed by atoms with van der Waals surface area (Å²) in [5.74, 6) is 1.93. The molecule has 2 heterocycles. The van der Waals surface area contributed by atoms with Crippen LogP contribution in [0.15, 0.2) is 16.7 Å². The van der Waals surface area contributed by atoms with E-state index in [1.165, 1.54) is 25.9 Å². The van der Waals surface area contributed by atoms with Crippen LogP contribution < -0.4 is 5.73 Å². The fourth-order valence-corrected chi connectivity index (χ4v) is 2.28.